The number of benzene rings is 1. The van der Waals surface area contributed by atoms with Crippen LogP contribution >= 0.6 is 11.6 Å². The molecule has 0 bridgehead atoms. The summed E-state index contributed by atoms with van der Waals surface area (Å²) >= 11 is 5.65. The number of hydrogen-bond acceptors (Lipinski definition) is 1. The van der Waals surface area contributed by atoms with Crippen LogP contribution in [0.25, 0.3) is 11.0 Å². The molecule has 1 aromatic heterocycles. The zero-order valence-electron chi connectivity index (χ0n) is 7.09. The highest BCUT2D eigenvalue weighted by atomic mass is 35.5. The maximum Gasteiger partial charge on any atom is 0.149 e. The standard InChI is InChI=1S/C9H8ClFN2/c1-13-8(5-10)12-7-4-2-3-6(11)9(7)13/h2-4H,5H2,1H3. The Morgan fingerprint density at radius 3 is 2.92 bits per heavy atom. The summed E-state index contributed by atoms with van der Waals surface area (Å²) in [6, 6.07) is 4.83. The highest BCUT2D eigenvalue weighted by molar-refractivity contribution is 6.16. The molecule has 4 heteroatoms. The zero-order chi connectivity index (χ0) is 9.42. The lowest BCUT2D eigenvalue weighted by atomic mass is 10.3. The Balaban J connectivity index is 2.85. The van der Waals surface area contributed by atoms with Crippen molar-refractivity contribution in [2.75, 3.05) is 0 Å². The number of para-hydroxylation sites is 1. The number of nitrogens with zero attached hydrogens (tertiary/aromatic N) is 2. The lowest BCUT2D eigenvalue weighted by molar-refractivity contribution is 0.630. The zero-order valence-corrected chi connectivity index (χ0v) is 7.85. The van der Waals surface area contributed by atoms with Gasteiger partial charge in [0.1, 0.15) is 17.2 Å². The van der Waals surface area contributed by atoms with E-state index in [2.05, 4.69) is 4.98 Å². The number of alkyl halides is 1. The van der Waals surface area contributed by atoms with Crippen LogP contribution in [-0.2, 0) is 12.9 Å². The van der Waals surface area contributed by atoms with Crippen molar-refractivity contribution in [2.45, 2.75) is 5.88 Å². The molecule has 13 heavy (non-hydrogen) atoms. The number of aromatic nitrogens is 2. The van der Waals surface area contributed by atoms with E-state index in [-0.39, 0.29) is 5.82 Å². The molecular weight excluding hydrogens is 191 g/mol. The maximum absolute atomic E-state index is 13.3. The van der Waals surface area contributed by atoms with Gasteiger partial charge in [0.2, 0.25) is 0 Å². The van der Waals surface area contributed by atoms with E-state index in [1.54, 1.807) is 23.7 Å². The number of fused-ring (bicyclic) bond motifs is 1. The molecule has 2 aromatic rings. The fraction of sp³-hybridized carbons (Fsp3) is 0.222. The minimum absolute atomic E-state index is 0.260. The number of aryl methyl sites for hydroxylation is 1. The van der Waals surface area contributed by atoms with Crippen molar-refractivity contribution in [1.82, 2.24) is 9.55 Å². The maximum atomic E-state index is 13.3. The predicted octanol–water partition coefficient (Wildman–Crippen LogP) is 2.45. The molecule has 0 aliphatic heterocycles. The minimum atomic E-state index is -0.260. The van der Waals surface area contributed by atoms with Gasteiger partial charge >= 0.3 is 0 Å². The summed E-state index contributed by atoms with van der Waals surface area (Å²) in [7, 11) is 1.76. The topological polar surface area (TPSA) is 17.8 Å². The average molecular weight is 199 g/mol. The largest absolute Gasteiger partial charge is 0.328 e. The Morgan fingerprint density at radius 2 is 2.31 bits per heavy atom. The Morgan fingerprint density at radius 1 is 1.54 bits per heavy atom. The van der Waals surface area contributed by atoms with E-state index in [4.69, 9.17) is 11.6 Å². The van der Waals surface area contributed by atoms with Crippen LogP contribution in [0.5, 0.6) is 0 Å². The molecule has 0 aliphatic carbocycles. The molecule has 0 radical (unpaired) electrons. The van der Waals surface area contributed by atoms with Crippen molar-refractivity contribution in [3.8, 4) is 0 Å². The van der Waals surface area contributed by atoms with Crippen LogP contribution in [0.4, 0.5) is 4.39 Å². The van der Waals surface area contributed by atoms with Gasteiger partial charge in [-0.1, -0.05) is 6.07 Å². The Labute approximate surface area is 80.0 Å². The Bertz CT molecular complexity index is 450. The fourth-order valence-corrected chi connectivity index (χ4v) is 1.63. The lowest BCUT2D eigenvalue weighted by Gasteiger charge is -1.97. The van der Waals surface area contributed by atoms with Gasteiger partial charge in [-0.15, -0.1) is 11.6 Å². The van der Waals surface area contributed by atoms with Crippen LogP contribution < -0.4 is 0 Å². The molecule has 0 spiro atoms. The molecule has 0 saturated heterocycles. The molecule has 68 valence electrons. The van der Waals surface area contributed by atoms with Crippen LogP contribution in [0.15, 0.2) is 18.2 Å². The molecule has 0 amide bonds. The van der Waals surface area contributed by atoms with E-state index in [0.717, 1.165) is 0 Å². The SMILES string of the molecule is Cn1c(CCl)nc2cccc(F)c21. The van der Waals surface area contributed by atoms with Crippen molar-refractivity contribution < 1.29 is 4.39 Å². The molecule has 0 atom stereocenters. The summed E-state index contributed by atoms with van der Waals surface area (Å²) in [5.74, 6) is 0.718. The van der Waals surface area contributed by atoms with Crippen molar-refractivity contribution in [3.63, 3.8) is 0 Å². The van der Waals surface area contributed by atoms with E-state index < -0.39 is 0 Å². The van der Waals surface area contributed by atoms with Gasteiger partial charge in [0.25, 0.3) is 0 Å². The molecule has 0 saturated carbocycles. The molecule has 0 unspecified atom stereocenters. The highest BCUT2D eigenvalue weighted by Gasteiger charge is 2.09. The van der Waals surface area contributed by atoms with Crippen LogP contribution in [0, 0.1) is 5.82 Å². The van der Waals surface area contributed by atoms with Crippen molar-refractivity contribution in [3.05, 3.63) is 29.8 Å². The quantitative estimate of drug-likeness (QED) is 0.644. The monoisotopic (exact) mass is 198 g/mol. The van der Waals surface area contributed by atoms with Gasteiger partial charge in [-0.25, -0.2) is 9.37 Å². The van der Waals surface area contributed by atoms with Gasteiger partial charge in [0, 0.05) is 7.05 Å². The number of rotatable bonds is 1. The van der Waals surface area contributed by atoms with E-state index in [1.807, 2.05) is 0 Å². The normalized spacial score (nSPS) is 11.0. The first-order chi connectivity index (χ1) is 6.24. The first-order valence-corrected chi connectivity index (χ1v) is 4.43. The molecule has 0 N–H and O–H groups in total. The van der Waals surface area contributed by atoms with Crippen LogP contribution in [0.1, 0.15) is 5.82 Å². The smallest absolute Gasteiger partial charge is 0.149 e. The van der Waals surface area contributed by atoms with Crippen molar-refractivity contribution in [2.24, 2.45) is 7.05 Å². The van der Waals surface area contributed by atoms with Gasteiger partial charge in [-0.3, -0.25) is 0 Å². The molecule has 2 nitrogen and oxygen atoms in total. The third-order valence-corrected chi connectivity index (χ3v) is 2.30. The number of halogens is 2. The summed E-state index contributed by atoms with van der Waals surface area (Å²) in [6.07, 6.45) is 0. The van der Waals surface area contributed by atoms with E-state index in [0.29, 0.717) is 22.7 Å². The van der Waals surface area contributed by atoms with Crippen LogP contribution in [0.3, 0.4) is 0 Å². The third-order valence-electron chi connectivity index (χ3n) is 2.06. The van der Waals surface area contributed by atoms with E-state index in [9.17, 15) is 4.39 Å². The lowest BCUT2D eigenvalue weighted by Crippen LogP contribution is -1.95. The summed E-state index contributed by atoms with van der Waals surface area (Å²) < 4.78 is 15.0. The molecule has 0 fully saturated rings. The average Bonchev–Trinajstić information content (AvgIpc) is 2.44. The molecule has 0 aliphatic rings. The summed E-state index contributed by atoms with van der Waals surface area (Å²) in [5, 5.41) is 0. The second-order valence-corrected chi connectivity index (χ2v) is 3.10. The van der Waals surface area contributed by atoms with E-state index in [1.165, 1.54) is 6.07 Å². The number of imidazole rings is 1. The Kier molecular flexibility index (Phi) is 1.96. The summed E-state index contributed by atoms with van der Waals surface area (Å²) in [5.41, 5.74) is 1.16. The second-order valence-electron chi connectivity index (χ2n) is 2.83. The van der Waals surface area contributed by atoms with Crippen molar-refractivity contribution in [1.29, 1.82) is 0 Å². The van der Waals surface area contributed by atoms with Gasteiger partial charge in [0.15, 0.2) is 0 Å². The first-order valence-electron chi connectivity index (χ1n) is 3.90. The fourth-order valence-electron chi connectivity index (χ4n) is 1.39. The van der Waals surface area contributed by atoms with Gasteiger partial charge in [-0.2, -0.15) is 0 Å². The molecule has 2 rings (SSSR count). The van der Waals surface area contributed by atoms with Crippen molar-refractivity contribution >= 4 is 22.6 Å². The van der Waals surface area contributed by atoms with Crippen LogP contribution in [-0.4, -0.2) is 9.55 Å². The second kappa shape index (κ2) is 3.00. The summed E-state index contributed by atoms with van der Waals surface area (Å²) in [4.78, 5) is 4.18. The first kappa shape index (κ1) is 8.51. The molecular formula is C9H8ClFN2. The van der Waals surface area contributed by atoms with Crippen LogP contribution in [0.2, 0.25) is 0 Å². The van der Waals surface area contributed by atoms with Gasteiger partial charge in [0.05, 0.1) is 11.4 Å². The third kappa shape index (κ3) is 1.20. The summed E-state index contributed by atoms with van der Waals surface area (Å²) in [6.45, 7) is 0. The van der Waals surface area contributed by atoms with Gasteiger partial charge < -0.3 is 4.57 Å². The Hall–Kier alpha value is -1.09. The highest BCUT2D eigenvalue weighted by Crippen LogP contribution is 2.18. The van der Waals surface area contributed by atoms with E-state index >= 15 is 0 Å². The molecule has 1 heterocycles. The molecule has 1 aromatic carbocycles. The minimum Gasteiger partial charge on any atom is -0.328 e. The van der Waals surface area contributed by atoms with Gasteiger partial charge in [-0.05, 0) is 12.1 Å². The predicted molar refractivity (Wildman–Crippen MR) is 50.2 cm³/mol. The number of hydrogen-bond donors (Lipinski definition) is 0.